The van der Waals surface area contributed by atoms with E-state index in [0.717, 1.165) is 36.4 Å². The second-order valence-corrected chi connectivity index (χ2v) is 6.95. The lowest BCUT2D eigenvalue weighted by molar-refractivity contribution is -0.137. The Morgan fingerprint density at radius 1 is 1.00 bits per heavy atom. The highest BCUT2D eigenvalue weighted by molar-refractivity contribution is 5.71. The number of benzene rings is 2. The van der Waals surface area contributed by atoms with Crippen LogP contribution in [0.1, 0.15) is 30.9 Å². The molecule has 2 aliphatic heterocycles. The first-order valence-electron chi connectivity index (χ1n) is 8.78. The Balaban J connectivity index is 1.68. The van der Waals surface area contributed by atoms with Gasteiger partial charge in [0.25, 0.3) is 0 Å². The molecule has 4 rings (SSSR count). The lowest BCUT2D eigenvalue weighted by Crippen LogP contribution is -2.45. The molecule has 2 nitrogen and oxygen atoms in total. The number of nitrogens with zero attached hydrogens (tertiary/aromatic N) is 2. The summed E-state index contributed by atoms with van der Waals surface area (Å²) in [6, 6.07) is 13.0. The van der Waals surface area contributed by atoms with E-state index in [1.165, 1.54) is 24.2 Å². The van der Waals surface area contributed by atoms with Crippen molar-refractivity contribution in [3.8, 4) is 0 Å². The molecule has 2 aromatic carbocycles. The lowest BCUT2D eigenvalue weighted by atomic mass is 9.98. The van der Waals surface area contributed by atoms with Gasteiger partial charge in [-0.1, -0.05) is 6.07 Å². The average molecular weight is 346 g/mol. The number of alkyl halides is 3. The first kappa shape index (κ1) is 16.3. The summed E-state index contributed by atoms with van der Waals surface area (Å²) in [5.74, 6) is 0. The highest BCUT2D eigenvalue weighted by Gasteiger charge is 2.32. The van der Waals surface area contributed by atoms with Crippen molar-refractivity contribution in [3.05, 3.63) is 53.6 Å². The smallest absolute Gasteiger partial charge is 0.369 e. The molecule has 0 bridgehead atoms. The molecular weight excluding hydrogens is 325 g/mol. The van der Waals surface area contributed by atoms with E-state index in [9.17, 15) is 13.2 Å². The molecule has 0 aromatic heterocycles. The lowest BCUT2D eigenvalue weighted by Gasteiger charge is -2.41. The molecule has 1 saturated heterocycles. The van der Waals surface area contributed by atoms with Gasteiger partial charge in [0.2, 0.25) is 0 Å². The van der Waals surface area contributed by atoms with Crippen LogP contribution in [0.4, 0.5) is 30.2 Å². The first-order chi connectivity index (χ1) is 11.9. The highest BCUT2D eigenvalue weighted by atomic mass is 19.4. The third kappa shape index (κ3) is 2.96. The van der Waals surface area contributed by atoms with Gasteiger partial charge < -0.3 is 9.80 Å². The monoisotopic (exact) mass is 346 g/mol. The molecular formula is C20H21F3N2. The quantitative estimate of drug-likeness (QED) is 0.719. The Kier molecular flexibility index (Phi) is 3.89. The van der Waals surface area contributed by atoms with Gasteiger partial charge in [-0.3, -0.25) is 0 Å². The third-order valence-electron chi connectivity index (χ3n) is 5.32. The minimum Gasteiger partial charge on any atom is -0.369 e. The van der Waals surface area contributed by atoms with Crippen molar-refractivity contribution in [3.63, 3.8) is 0 Å². The maximum atomic E-state index is 13.0. The molecule has 0 saturated carbocycles. The number of hydrogen-bond donors (Lipinski definition) is 0. The van der Waals surface area contributed by atoms with Gasteiger partial charge in [-0.05, 0) is 68.1 Å². The Hall–Kier alpha value is -2.17. The summed E-state index contributed by atoms with van der Waals surface area (Å²) in [6.45, 7) is 4.11. The van der Waals surface area contributed by atoms with E-state index in [4.69, 9.17) is 0 Å². The zero-order valence-corrected chi connectivity index (χ0v) is 14.2. The molecule has 5 heteroatoms. The summed E-state index contributed by atoms with van der Waals surface area (Å²) in [4.78, 5) is 4.51. The summed E-state index contributed by atoms with van der Waals surface area (Å²) < 4.78 is 38.9. The second kappa shape index (κ2) is 5.97. The van der Waals surface area contributed by atoms with Crippen LogP contribution in [0.3, 0.4) is 0 Å². The molecule has 2 heterocycles. The van der Waals surface area contributed by atoms with E-state index in [2.05, 4.69) is 28.9 Å². The number of hydrogen-bond acceptors (Lipinski definition) is 2. The topological polar surface area (TPSA) is 6.48 Å². The van der Waals surface area contributed by atoms with Crippen LogP contribution in [0.2, 0.25) is 0 Å². The van der Waals surface area contributed by atoms with Gasteiger partial charge in [-0.15, -0.1) is 0 Å². The van der Waals surface area contributed by atoms with Crippen LogP contribution in [0.5, 0.6) is 0 Å². The van der Waals surface area contributed by atoms with E-state index in [-0.39, 0.29) is 0 Å². The summed E-state index contributed by atoms with van der Waals surface area (Å²) in [5, 5.41) is 0. The normalized spacial score (nSPS) is 20.2. The first-order valence-corrected chi connectivity index (χ1v) is 8.78. The summed E-state index contributed by atoms with van der Waals surface area (Å²) in [5.41, 5.74) is 3.36. The Morgan fingerprint density at radius 3 is 2.48 bits per heavy atom. The fourth-order valence-electron chi connectivity index (χ4n) is 3.78. The van der Waals surface area contributed by atoms with Gasteiger partial charge in [0, 0.05) is 36.2 Å². The maximum absolute atomic E-state index is 13.0. The maximum Gasteiger partial charge on any atom is 0.416 e. The summed E-state index contributed by atoms with van der Waals surface area (Å²) in [7, 11) is 0. The third-order valence-corrected chi connectivity index (χ3v) is 5.32. The van der Waals surface area contributed by atoms with Crippen molar-refractivity contribution in [1.82, 2.24) is 0 Å². The SMILES string of the molecule is CC1CCN1c1cccc(N2CCCc3cc(C(F)(F)F)ccc32)c1. The van der Waals surface area contributed by atoms with E-state index >= 15 is 0 Å². The zero-order chi connectivity index (χ0) is 17.6. The number of aryl methyl sites for hydroxylation is 1. The van der Waals surface area contributed by atoms with Crippen molar-refractivity contribution in [2.75, 3.05) is 22.9 Å². The zero-order valence-electron chi connectivity index (χ0n) is 14.2. The van der Waals surface area contributed by atoms with E-state index in [1.807, 2.05) is 12.1 Å². The standard InChI is InChI=1S/C20H21F3N2/c1-14-9-11-24(14)17-5-2-6-18(13-17)25-10-3-4-15-12-16(20(21,22)23)7-8-19(15)25/h2,5-8,12-14H,3-4,9-11H2,1H3. The molecule has 0 radical (unpaired) electrons. The van der Waals surface area contributed by atoms with E-state index in [0.29, 0.717) is 12.5 Å². The van der Waals surface area contributed by atoms with Crippen LogP contribution in [-0.2, 0) is 12.6 Å². The average Bonchev–Trinajstić information content (AvgIpc) is 2.59. The Bertz CT molecular complexity index is 785. The fraction of sp³-hybridized carbons (Fsp3) is 0.400. The van der Waals surface area contributed by atoms with Crippen molar-refractivity contribution in [2.45, 2.75) is 38.4 Å². The molecule has 2 aromatic rings. The fourth-order valence-corrected chi connectivity index (χ4v) is 3.78. The van der Waals surface area contributed by atoms with Crippen LogP contribution in [0, 0.1) is 0 Å². The molecule has 0 N–H and O–H groups in total. The van der Waals surface area contributed by atoms with E-state index in [1.54, 1.807) is 6.07 Å². The van der Waals surface area contributed by atoms with Gasteiger partial charge in [0.1, 0.15) is 0 Å². The van der Waals surface area contributed by atoms with Crippen molar-refractivity contribution in [2.24, 2.45) is 0 Å². The van der Waals surface area contributed by atoms with Crippen LogP contribution in [-0.4, -0.2) is 19.1 Å². The van der Waals surface area contributed by atoms with E-state index < -0.39 is 11.7 Å². The molecule has 1 atom stereocenters. The molecule has 0 spiro atoms. The molecule has 132 valence electrons. The van der Waals surface area contributed by atoms with Crippen molar-refractivity contribution < 1.29 is 13.2 Å². The number of rotatable bonds is 2. The minimum absolute atomic E-state index is 0.554. The Morgan fingerprint density at radius 2 is 1.80 bits per heavy atom. The van der Waals surface area contributed by atoms with Gasteiger partial charge in [0.05, 0.1) is 5.56 Å². The predicted octanol–water partition coefficient (Wildman–Crippen LogP) is 5.39. The summed E-state index contributed by atoms with van der Waals surface area (Å²) in [6.07, 6.45) is -1.53. The Labute approximate surface area is 145 Å². The van der Waals surface area contributed by atoms with Crippen molar-refractivity contribution in [1.29, 1.82) is 0 Å². The summed E-state index contributed by atoms with van der Waals surface area (Å²) >= 11 is 0. The number of fused-ring (bicyclic) bond motifs is 1. The second-order valence-electron chi connectivity index (χ2n) is 6.95. The van der Waals surface area contributed by atoms with Crippen LogP contribution in [0.25, 0.3) is 0 Å². The largest absolute Gasteiger partial charge is 0.416 e. The van der Waals surface area contributed by atoms with Crippen LogP contribution in [0.15, 0.2) is 42.5 Å². The van der Waals surface area contributed by atoms with Crippen LogP contribution < -0.4 is 9.80 Å². The molecule has 2 aliphatic rings. The highest BCUT2D eigenvalue weighted by Crippen LogP contribution is 2.39. The van der Waals surface area contributed by atoms with Crippen LogP contribution >= 0.6 is 0 Å². The van der Waals surface area contributed by atoms with Gasteiger partial charge in [-0.25, -0.2) is 0 Å². The molecule has 0 amide bonds. The molecule has 25 heavy (non-hydrogen) atoms. The van der Waals surface area contributed by atoms with Gasteiger partial charge in [0.15, 0.2) is 0 Å². The van der Waals surface area contributed by atoms with Gasteiger partial charge in [-0.2, -0.15) is 13.2 Å². The molecule has 1 fully saturated rings. The van der Waals surface area contributed by atoms with Gasteiger partial charge >= 0.3 is 6.18 Å². The minimum atomic E-state index is -4.29. The number of halogens is 3. The molecule has 0 aliphatic carbocycles. The number of anilines is 3. The predicted molar refractivity (Wildman–Crippen MR) is 94.6 cm³/mol. The molecule has 1 unspecified atom stereocenters. The van der Waals surface area contributed by atoms with Crippen molar-refractivity contribution >= 4 is 17.1 Å².